The minimum absolute atomic E-state index is 0.105. The smallest absolute Gasteiger partial charge is 0.462 e. The molecule has 0 aliphatic heterocycles. The van der Waals surface area contributed by atoms with Crippen LogP contribution in [0.5, 0.6) is 0 Å². The van der Waals surface area contributed by atoms with E-state index in [4.69, 9.17) is 37.0 Å². The van der Waals surface area contributed by atoms with E-state index in [-0.39, 0.29) is 25.7 Å². The molecule has 600 valence electrons. The van der Waals surface area contributed by atoms with Crippen LogP contribution >= 0.6 is 15.6 Å². The molecule has 6 atom stereocenters. The molecule has 0 amide bonds. The Kier molecular flexibility index (Phi) is 69.6. The summed E-state index contributed by atoms with van der Waals surface area (Å²) in [5, 5.41) is 10.6. The lowest BCUT2D eigenvalue weighted by atomic mass is 9.99. The molecule has 0 aromatic heterocycles. The van der Waals surface area contributed by atoms with E-state index < -0.39 is 97.5 Å². The molecule has 17 nitrogen and oxygen atoms in total. The van der Waals surface area contributed by atoms with Crippen molar-refractivity contribution in [3.05, 3.63) is 0 Å². The summed E-state index contributed by atoms with van der Waals surface area (Å²) in [7, 11) is -9.92. The lowest BCUT2D eigenvalue weighted by molar-refractivity contribution is -0.161. The van der Waals surface area contributed by atoms with Crippen molar-refractivity contribution in [1.29, 1.82) is 0 Å². The second-order valence-corrected chi connectivity index (χ2v) is 34.1. The maximum Gasteiger partial charge on any atom is 0.472 e. The lowest BCUT2D eigenvalue weighted by Crippen LogP contribution is -2.30. The van der Waals surface area contributed by atoms with E-state index >= 15 is 0 Å². The Labute approximate surface area is 619 Å². The molecular weight excluding hydrogens is 1320 g/mol. The molecule has 0 saturated heterocycles. The zero-order chi connectivity index (χ0) is 74.6. The number of hydrogen-bond donors (Lipinski definition) is 3. The quantitative estimate of drug-likeness (QED) is 0.0222. The zero-order valence-electron chi connectivity index (χ0n) is 66.5. The fraction of sp³-hybridized carbons (Fsp3) is 0.951. The molecule has 3 unspecified atom stereocenters. The summed E-state index contributed by atoms with van der Waals surface area (Å²) in [4.78, 5) is 73.0. The second kappa shape index (κ2) is 71.0. The maximum absolute atomic E-state index is 13.1. The van der Waals surface area contributed by atoms with Gasteiger partial charge in [-0.1, -0.05) is 370 Å². The number of esters is 4. The molecule has 0 radical (unpaired) electrons. The van der Waals surface area contributed by atoms with Gasteiger partial charge in [-0.15, -0.1) is 0 Å². The topological polar surface area (TPSA) is 237 Å². The highest BCUT2D eigenvalue weighted by molar-refractivity contribution is 7.47. The van der Waals surface area contributed by atoms with Gasteiger partial charge >= 0.3 is 39.5 Å². The number of carbonyl (C=O) groups excluding carboxylic acids is 4. The highest BCUT2D eigenvalue weighted by Gasteiger charge is 2.30. The molecule has 101 heavy (non-hydrogen) atoms. The first kappa shape index (κ1) is 99.1. The van der Waals surface area contributed by atoms with Crippen LogP contribution in [0.4, 0.5) is 0 Å². The Morgan fingerprint density at radius 2 is 0.475 bits per heavy atom. The third-order valence-corrected chi connectivity index (χ3v) is 21.3. The number of ether oxygens (including phenoxy) is 4. The third-order valence-electron chi connectivity index (χ3n) is 19.4. The van der Waals surface area contributed by atoms with Gasteiger partial charge in [-0.25, -0.2) is 9.13 Å². The van der Waals surface area contributed by atoms with E-state index in [1.807, 2.05) is 0 Å². The number of aliphatic hydroxyl groups is 1. The molecule has 0 rings (SSSR count). The largest absolute Gasteiger partial charge is 0.472 e. The number of rotatable bonds is 79. The lowest BCUT2D eigenvalue weighted by Gasteiger charge is -2.21. The molecule has 0 heterocycles. The molecule has 19 heteroatoms. The first-order valence-electron chi connectivity index (χ1n) is 42.2. The number of carbonyl (C=O) groups is 4. The number of hydrogen-bond acceptors (Lipinski definition) is 15. The minimum Gasteiger partial charge on any atom is -0.462 e. The predicted molar refractivity (Wildman–Crippen MR) is 414 cm³/mol. The average Bonchev–Trinajstić information content (AvgIpc) is 0.937. The van der Waals surface area contributed by atoms with Crippen LogP contribution in [0, 0.1) is 23.7 Å². The van der Waals surface area contributed by atoms with Crippen LogP contribution in [0.1, 0.15) is 421 Å². The second-order valence-electron chi connectivity index (χ2n) is 31.2. The molecule has 0 aliphatic rings. The monoisotopic (exact) mass is 1480 g/mol. The molecule has 0 aromatic rings. The summed E-state index contributed by atoms with van der Waals surface area (Å²) in [6.45, 7) is 14.3. The van der Waals surface area contributed by atoms with Crippen molar-refractivity contribution in [2.45, 2.75) is 440 Å². The standard InChI is InChI=1S/C82H160O17P2/c1-9-75(8)61-53-45-37-29-21-16-14-12-10-11-13-15-17-23-31-40-48-56-64-81(86)98-77(68-92-79(84)62-54-46-38-30-22-19-18-20-26-34-42-50-58-72(2)3)70-96-100(88,89)94-66-76(83)67-95-101(90,91)97-71-78(99-82(87)65-57-49-41-33-25-28-36-44-52-60-74(6)7)69-93-80(85)63-55-47-39-32-24-27-35-43-51-59-73(4)5/h72-78,83H,9-71H2,1-8H3,(H,88,89)(H,90,91)/t75?,76-,77-,78-/m1/s1. The molecule has 0 fully saturated rings. The van der Waals surface area contributed by atoms with Gasteiger partial charge in [0, 0.05) is 25.7 Å². The van der Waals surface area contributed by atoms with Gasteiger partial charge in [-0.05, 0) is 49.4 Å². The fourth-order valence-corrected chi connectivity index (χ4v) is 14.2. The highest BCUT2D eigenvalue weighted by Crippen LogP contribution is 2.45. The maximum atomic E-state index is 13.1. The Morgan fingerprint density at radius 1 is 0.277 bits per heavy atom. The van der Waals surface area contributed by atoms with Crippen LogP contribution < -0.4 is 0 Å². The normalized spacial score (nSPS) is 14.3. The number of phosphoric ester groups is 2. The number of aliphatic hydroxyl groups excluding tert-OH is 1. The fourth-order valence-electron chi connectivity index (χ4n) is 12.6. The van der Waals surface area contributed by atoms with Gasteiger partial charge in [0.25, 0.3) is 0 Å². The van der Waals surface area contributed by atoms with Gasteiger partial charge in [0.05, 0.1) is 26.4 Å². The van der Waals surface area contributed by atoms with Crippen molar-refractivity contribution in [3.8, 4) is 0 Å². The van der Waals surface area contributed by atoms with E-state index in [0.717, 1.165) is 114 Å². The molecule has 0 bridgehead atoms. The third kappa shape index (κ3) is 74.7. The predicted octanol–water partition coefficient (Wildman–Crippen LogP) is 24.4. The molecular formula is C82H160O17P2. The average molecular weight is 1480 g/mol. The van der Waals surface area contributed by atoms with Crippen molar-refractivity contribution in [2.24, 2.45) is 23.7 Å². The van der Waals surface area contributed by atoms with E-state index in [0.29, 0.717) is 25.7 Å². The Morgan fingerprint density at radius 3 is 0.703 bits per heavy atom. The van der Waals surface area contributed by atoms with Crippen LogP contribution in [0.25, 0.3) is 0 Å². The van der Waals surface area contributed by atoms with Gasteiger partial charge in [0.2, 0.25) is 0 Å². The van der Waals surface area contributed by atoms with Crippen LogP contribution in [-0.2, 0) is 65.4 Å². The van der Waals surface area contributed by atoms with Crippen LogP contribution in [-0.4, -0.2) is 96.7 Å². The van der Waals surface area contributed by atoms with Gasteiger partial charge < -0.3 is 33.8 Å². The number of phosphoric acid groups is 2. The van der Waals surface area contributed by atoms with Crippen molar-refractivity contribution >= 4 is 39.5 Å². The summed E-state index contributed by atoms with van der Waals surface area (Å²) >= 11 is 0. The van der Waals surface area contributed by atoms with Crippen molar-refractivity contribution in [3.63, 3.8) is 0 Å². The van der Waals surface area contributed by atoms with Crippen LogP contribution in [0.2, 0.25) is 0 Å². The highest BCUT2D eigenvalue weighted by atomic mass is 31.2. The van der Waals surface area contributed by atoms with Gasteiger partial charge in [-0.3, -0.25) is 37.3 Å². The Hall–Kier alpha value is -1.94. The van der Waals surface area contributed by atoms with E-state index in [9.17, 15) is 43.2 Å². The number of unbranched alkanes of at least 4 members (excludes halogenated alkanes) is 44. The van der Waals surface area contributed by atoms with Crippen molar-refractivity contribution < 1.29 is 80.2 Å². The summed E-state index contributed by atoms with van der Waals surface area (Å²) in [6, 6.07) is 0. The van der Waals surface area contributed by atoms with E-state index in [1.54, 1.807) is 0 Å². The minimum atomic E-state index is -4.96. The van der Waals surface area contributed by atoms with Crippen molar-refractivity contribution in [1.82, 2.24) is 0 Å². The summed E-state index contributed by atoms with van der Waals surface area (Å²) in [5.41, 5.74) is 0. The first-order valence-corrected chi connectivity index (χ1v) is 45.2. The van der Waals surface area contributed by atoms with Crippen molar-refractivity contribution in [2.75, 3.05) is 39.6 Å². The Bertz CT molecular complexity index is 1970. The molecule has 3 N–H and O–H groups in total. The summed E-state index contributed by atoms with van der Waals surface area (Å²) in [5.74, 6) is 1.02. The summed E-state index contributed by atoms with van der Waals surface area (Å²) < 4.78 is 68.7. The first-order chi connectivity index (χ1) is 48.6. The summed E-state index contributed by atoms with van der Waals surface area (Å²) in [6.07, 6.45) is 58.3. The SMILES string of the molecule is CCC(C)CCCCCCCCCCCCCCCCCCCCC(=O)O[C@H](COC(=O)CCCCCCCCCCCCCCC(C)C)COP(=O)(O)OC[C@@H](O)COP(=O)(O)OC[C@@H](COC(=O)CCCCCCCCCCCC(C)C)OC(=O)CCCCCCCCCCCC(C)C. The van der Waals surface area contributed by atoms with Gasteiger partial charge in [-0.2, -0.15) is 0 Å². The zero-order valence-corrected chi connectivity index (χ0v) is 68.3. The molecule has 0 aliphatic carbocycles. The van der Waals surface area contributed by atoms with E-state index in [2.05, 4.69) is 55.4 Å². The van der Waals surface area contributed by atoms with Crippen LogP contribution in [0.15, 0.2) is 0 Å². The molecule has 0 aromatic carbocycles. The Balaban J connectivity index is 5.23. The molecule has 0 saturated carbocycles. The molecule has 0 spiro atoms. The van der Waals surface area contributed by atoms with Gasteiger partial charge in [0.1, 0.15) is 19.3 Å². The van der Waals surface area contributed by atoms with Gasteiger partial charge in [0.15, 0.2) is 12.2 Å². The van der Waals surface area contributed by atoms with Crippen LogP contribution in [0.3, 0.4) is 0 Å². The van der Waals surface area contributed by atoms with E-state index in [1.165, 1.54) is 225 Å².